The normalized spacial score (nSPS) is 10.5. The number of hydrogen-bond donors (Lipinski definition) is 1. The van der Waals surface area contributed by atoms with E-state index in [9.17, 15) is 4.39 Å². The molecule has 0 fully saturated rings. The zero-order valence-electron chi connectivity index (χ0n) is 11.7. The second-order valence-electron chi connectivity index (χ2n) is 4.44. The average molecular weight is 310 g/mol. The maximum Gasteiger partial charge on any atom is 0.161 e. The number of halogens is 2. The fraction of sp³-hybridized carbons (Fsp3) is 0.250. The van der Waals surface area contributed by atoms with Crippen LogP contribution in [0.25, 0.3) is 0 Å². The van der Waals surface area contributed by atoms with Crippen molar-refractivity contribution in [3.8, 4) is 11.5 Å². The maximum atomic E-state index is 13.0. The van der Waals surface area contributed by atoms with E-state index in [1.807, 2.05) is 25.1 Å². The minimum atomic E-state index is -0.369. The molecule has 0 aliphatic heterocycles. The predicted octanol–water partition coefficient (Wildman–Crippen LogP) is 3.92. The van der Waals surface area contributed by atoms with Gasteiger partial charge < -0.3 is 15.2 Å². The molecule has 112 valence electrons. The van der Waals surface area contributed by atoms with Crippen LogP contribution in [-0.4, -0.2) is 6.61 Å². The smallest absolute Gasteiger partial charge is 0.161 e. The number of ether oxygens (including phenoxy) is 2. The van der Waals surface area contributed by atoms with Crippen LogP contribution in [0.4, 0.5) is 4.39 Å². The zero-order valence-corrected chi connectivity index (χ0v) is 12.5. The monoisotopic (exact) mass is 309 g/mol. The maximum absolute atomic E-state index is 13.0. The molecule has 0 unspecified atom stereocenters. The van der Waals surface area contributed by atoms with Gasteiger partial charge in [-0.1, -0.05) is 23.7 Å². The average Bonchev–Trinajstić information content (AvgIpc) is 2.47. The lowest BCUT2D eigenvalue weighted by atomic mass is 10.2. The molecule has 21 heavy (non-hydrogen) atoms. The predicted molar refractivity (Wildman–Crippen MR) is 81.2 cm³/mol. The van der Waals surface area contributed by atoms with E-state index in [0.717, 1.165) is 5.56 Å². The van der Waals surface area contributed by atoms with E-state index in [2.05, 4.69) is 0 Å². The van der Waals surface area contributed by atoms with Crippen LogP contribution in [0.5, 0.6) is 11.5 Å². The Hall–Kier alpha value is -1.78. The zero-order chi connectivity index (χ0) is 15.2. The largest absolute Gasteiger partial charge is 0.490 e. The summed E-state index contributed by atoms with van der Waals surface area (Å²) in [7, 11) is 0. The number of hydrogen-bond acceptors (Lipinski definition) is 3. The molecule has 0 atom stereocenters. The van der Waals surface area contributed by atoms with Crippen LogP contribution >= 0.6 is 11.6 Å². The van der Waals surface area contributed by atoms with E-state index in [1.165, 1.54) is 12.1 Å². The van der Waals surface area contributed by atoms with Gasteiger partial charge in [0.1, 0.15) is 12.4 Å². The molecule has 0 aromatic heterocycles. The summed E-state index contributed by atoms with van der Waals surface area (Å²) < 4.78 is 24.3. The van der Waals surface area contributed by atoms with Gasteiger partial charge in [-0.2, -0.15) is 0 Å². The molecule has 0 spiro atoms. The lowest BCUT2D eigenvalue weighted by molar-refractivity contribution is 0.269. The molecule has 0 saturated heterocycles. The summed E-state index contributed by atoms with van der Waals surface area (Å²) in [6.45, 7) is 3.10. The fourth-order valence-corrected chi connectivity index (χ4v) is 2.08. The third-order valence-electron chi connectivity index (χ3n) is 2.94. The van der Waals surface area contributed by atoms with Crippen LogP contribution in [0.2, 0.25) is 5.02 Å². The van der Waals surface area contributed by atoms with E-state index in [0.29, 0.717) is 35.2 Å². The van der Waals surface area contributed by atoms with Crippen molar-refractivity contribution in [2.24, 2.45) is 5.73 Å². The van der Waals surface area contributed by atoms with E-state index in [4.69, 9.17) is 26.8 Å². The van der Waals surface area contributed by atoms with E-state index in [1.54, 1.807) is 6.07 Å². The van der Waals surface area contributed by atoms with Crippen molar-refractivity contribution in [3.63, 3.8) is 0 Å². The van der Waals surface area contributed by atoms with Crippen molar-refractivity contribution in [2.75, 3.05) is 6.61 Å². The Balaban J connectivity index is 2.15. The first-order valence-corrected chi connectivity index (χ1v) is 7.04. The van der Waals surface area contributed by atoms with Crippen molar-refractivity contribution in [2.45, 2.75) is 20.1 Å². The second kappa shape index (κ2) is 7.29. The third-order valence-corrected chi connectivity index (χ3v) is 3.29. The van der Waals surface area contributed by atoms with Crippen LogP contribution in [0.3, 0.4) is 0 Å². The van der Waals surface area contributed by atoms with Gasteiger partial charge in [0, 0.05) is 12.1 Å². The molecule has 2 rings (SSSR count). The highest BCUT2D eigenvalue weighted by Gasteiger charge is 2.08. The fourth-order valence-electron chi connectivity index (χ4n) is 1.86. The first kappa shape index (κ1) is 15.6. The molecule has 5 heteroatoms. The summed E-state index contributed by atoms with van der Waals surface area (Å²) in [5, 5.41) is 0.339. The molecule has 0 radical (unpaired) electrons. The van der Waals surface area contributed by atoms with Gasteiger partial charge in [-0.05, 0) is 36.8 Å². The lowest BCUT2D eigenvalue weighted by Crippen LogP contribution is -2.02. The summed E-state index contributed by atoms with van der Waals surface area (Å²) in [6.07, 6.45) is 0. The molecule has 2 aromatic rings. The van der Waals surface area contributed by atoms with Gasteiger partial charge in [0.05, 0.1) is 11.6 Å². The first-order valence-electron chi connectivity index (χ1n) is 6.66. The minimum absolute atomic E-state index is 0.237. The van der Waals surface area contributed by atoms with Gasteiger partial charge in [-0.15, -0.1) is 0 Å². The second-order valence-corrected chi connectivity index (χ2v) is 4.85. The highest BCUT2D eigenvalue weighted by atomic mass is 35.5. The number of benzene rings is 2. The molecule has 0 bridgehead atoms. The van der Waals surface area contributed by atoms with E-state index < -0.39 is 0 Å². The highest BCUT2D eigenvalue weighted by molar-refractivity contribution is 6.31. The Morgan fingerprint density at radius 1 is 1.10 bits per heavy atom. The van der Waals surface area contributed by atoms with Gasteiger partial charge in [-0.3, -0.25) is 0 Å². The summed E-state index contributed by atoms with van der Waals surface area (Å²) >= 11 is 5.98. The topological polar surface area (TPSA) is 44.5 Å². The summed E-state index contributed by atoms with van der Waals surface area (Å²) in [5.41, 5.74) is 7.29. The van der Waals surface area contributed by atoms with Gasteiger partial charge in [-0.25, -0.2) is 4.39 Å². The Bertz CT molecular complexity index is 619. The Morgan fingerprint density at radius 3 is 2.57 bits per heavy atom. The molecule has 3 nitrogen and oxygen atoms in total. The van der Waals surface area contributed by atoms with Gasteiger partial charge in [0.15, 0.2) is 11.5 Å². The molecule has 2 N–H and O–H groups in total. The number of nitrogens with two attached hydrogens (primary N) is 1. The summed E-state index contributed by atoms with van der Waals surface area (Å²) in [4.78, 5) is 0. The molecule has 0 aliphatic rings. The van der Waals surface area contributed by atoms with Crippen molar-refractivity contribution >= 4 is 11.6 Å². The Morgan fingerprint density at radius 2 is 1.90 bits per heavy atom. The quantitative estimate of drug-likeness (QED) is 0.879. The van der Waals surface area contributed by atoms with Crippen LogP contribution in [0.15, 0.2) is 36.4 Å². The minimum Gasteiger partial charge on any atom is -0.490 e. The molecule has 0 aliphatic carbocycles. The Labute approximate surface area is 128 Å². The summed E-state index contributed by atoms with van der Waals surface area (Å²) in [6, 6.07) is 9.76. The summed E-state index contributed by atoms with van der Waals surface area (Å²) in [5.74, 6) is 0.874. The SMILES string of the molecule is CCOc1cc(CN)ccc1OCc1ccc(F)cc1Cl. The van der Waals surface area contributed by atoms with Crippen LogP contribution in [0, 0.1) is 5.82 Å². The molecular formula is C16H17ClFNO2. The molecule has 0 heterocycles. The van der Waals surface area contributed by atoms with Crippen molar-refractivity contribution < 1.29 is 13.9 Å². The standard InChI is InChI=1S/C16H17ClFNO2/c1-2-20-16-7-11(9-19)3-6-15(16)21-10-12-4-5-13(18)8-14(12)17/h3-8H,2,9-10,19H2,1H3. The van der Waals surface area contributed by atoms with E-state index >= 15 is 0 Å². The molecule has 2 aromatic carbocycles. The molecule has 0 amide bonds. The number of rotatable bonds is 6. The highest BCUT2D eigenvalue weighted by Crippen LogP contribution is 2.30. The van der Waals surface area contributed by atoms with Gasteiger partial charge >= 0.3 is 0 Å². The molecular weight excluding hydrogens is 293 g/mol. The van der Waals surface area contributed by atoms with Crippen LogP contribution in [-0.2, 0) is 13.2 Å². The van der Waals surface area contributed by atoms with Gasteiger partial charge in [0.2, 0.25) is 0 Å². The third kappa shape index (κ3) is 4.09. The Kier molecular flexibility index (Phi) is 5.42. The van der Waals surface area contributed by atoms with Gasteiger partial charge in [0.25, 0.3) is 0 Å². The van der Waals surface area contributed by atoms with E-state index in [-0.39, 0.29) is 12.4 Å². The van der Waals surface area contributed by atoms with Crippen molar-refractivity contribution in [3.05, 3.63) is 58.4 Å². The lowest BCUT2D eigenvalue weighted by Gasteiger charge is -2.13. The van der Waals surface area contributed by atoms with Crippen molar-refractivity contribution in [1.82, 2.24) is 0 Å². The first-order chi connectivity index (χ1) is 10.1. The van der Waals surface area contributed by atoms with Crippen LogP contribution < -0.4 is 15.2 Å². The molecule has 0 saturated carbocycles. The van der Waals surface area contributed by atoms with Crippen molar-refractivity contribution in [1.29, 1.82) is 0 Å². The van der Waals surface area contributed by atoms with Crippen LogP contribution in [0.1, 0.15) is 18.1 Å².